The van der Waals surface area contributed by atoms with Crippen LogP contribution < -0.4 is 4.74 Å². The van der Waals surface area contributed by atoms with Gasteiger partial charge in [-0.25, -0.2) is 8.42 Å². The van der Waals surface area contributed by atoms with Crippen molar-refractivity contribution >= 4 is 15.9 Å². The molecule has 0 bridgehead atoms. The Labute approximate surface area is 143 Å². The molecule has 1 fully saturated rings. The molecule has 0 unspecified atom stereocenters. The Morgan fingerprint density at radius 2 is 1.79 bits per heavy atom. The van der Waals surface area contributed by atoms with Crippen LogP contribution in [0.5, 0.6) is 5.75 Å². The third-order valence-electron chi connectivity index (χ3n) is 3.92. The molecule has 0 N–H and O–H groups in total. The van der Waals surface area contributed by atoms with Crippen molar-refractivity contribution in [2.24, 2.45) is 0 Å². The second kappa shape index (κ2) is 8.46. The summed E-state index contributed by atoms with van der Waals surface area (Å²) >= 11 is 0. The first-order valence-corrected chi connectivity index (χ1v) is 9.36. The highest BCUT2D eigenvalue weighted by molar-refractivity contribution is 7.89. The van der Waals surface area contributed by atoms with Gasteiger partial charge in [-0.3, -0.25) is 4.79 Å². The first-order chi connectivity index (χ1) is 11.4. The second-order valence-electron chi connectivity index (χ2n) is 5.58. The van der Waals surface area contributed by atoms with E-state index in [1.54, 1.807) is 36.3 Å². The first kappa shape index (κ1) is 18.7. The summed E-state index contributed by atoms with van der Waals surface area (Å²) in [7, 11) is -1.97. The number of hydrogen-bond donors (Lipinski definition) is 0. The van der Waals surface area contributed by atoms with Gasteiger partial charge in [0.25, 0.3) is 0 Å². The summed E-state index contributed by atoms with van der Waals surface area (Å²) in [6.07, 6.45) is 0.636. The summed E-state index contributed by atoms with van der Waals surface area (Å²) < 4.78 is 37.3. The van der Waals surface area contributed by atoms with Crippen LogP contribution in [0.1, 0.15) is 13.3 Å². The maximum Gasteiger partial charge on any atom is 0.243 e. The van der Waals surface area contributed by atoms with Crippen LogP contribution in [0.2, 0.25) is 0 Å². The van der Waals surface area contributed by atoms with E-state index in [9.17, 15) is 13.2 Å². The van der Waals surface area contributed by atoms with E-state index in [4.69, 9.17) is 9.47 Å². The van der Waals surface area contributed by atoms with Crippen molar-refractivity contribution in [1.29, 1.82) is 0 Å². The van der Waals surface area contributed by atoms with Gasteiger partial charge in [-0.05, 0) is 30.7 Å². The van der Waals surface area contributed by atoms with Crippen LogP contribution in [-0.2, 0) is 19.6 Å². The van der Waals surface area contributed by atoms with Crippen LogP contribution in [0, 0.1) is 0 Å². The van der Waals surface area contributed by atoms with Crippen molar-refractivity contribution < 1.29 is 22.7 Å². The maximum atomic E-state index is 12.7. The van der Waals surface area contributed by atoms with Gasteiger partial charge >= 0.3 is 0 Å². The SMILES string of the molecule is COCCOc1ccc(S(=O)(=O)N2CCCN(C(C)=O)CC2)cc1. The molecule has 1 saturated heterocycles. The fourth-order valence-corrected chi connectivity index (χ4v) is 4.02. The molecule has 0 spiro atoms. The number of sulfonamides is 1. The Morgan fingerprint density at radius 3 is 2.42 bits per heavy atom. The largest absolute Gasteiger partial charge is 0.491 e. The molecule has 1 aromatic carbocycles. The zero-order valence-corrected chi connectivity index (χ0v) is 14.9. The summed E-state index contributed by atoms with van der Waals surface area (Å²) in [5.41, 5.74) is 0. The van der Waals surface area contributed by atoms with Gasteiger partial charge in [-0.2, -0.15) is 4.31 Å². The Kier molecular flexibility index (Phi) is 6.59. The molecule has 1 aliphatic rings. The highest BCUT2D eigenvalue weighted by Gasteiger charge is 2.27. The molecule has 0 saturated carbocycles. The van der Waals surface area contributed by atoms with Crippen molar-refractivity contribution in [1.82, 2.24) is 9.21 Å². The van der Waals surface area contributed by atoms with Crippen molar-refractivity contribution in [2.75, 3.05) is 46.5 Å². The van der Waals surface area contributed by atoms with Crippen molar-refractivity contribution in [2.45, 2.75) is 18.2 Å². The molecule has 1 aromatic rings. The van der Waals surface area contributed by atoms with Crippen LogP contribution >= 0.6 is 0 Å². The van der Waals surface area contributed by atoms with Gasteiger partial charge < -0.3 is 14.4 Å². The number of benzene rings is 1. The lowest BCUT2D eigenvalue weighted by atomic mass is 10.3. The smallest absolute Gasteiger partial charge is 0.243 e. The van der Waals surface area contributed by atoms with Crippen LogP contribution in [0.25, 0.3) is 0 Å². The van der Waals surface area contributed by atoms with Gasteiger partial charge in [0.1, 0.15) is 12.4 Å². The quantitative estimate of drug-likeness (QED) is 0.710. The molecule has 0 radical (unpaired) electrons. The molecule has 2 rings (SSSR count). The Bertz CT molecular complexity index is 645. The fourth-order valence-electron chi connectivity index (χ4n) is 2.55. The van der Waals surface area contributed by atoms with Gasteiger partial charge in [-0.15, -0.1) is 0 Å². The van der Waals surface area contributed by atoms with Gasteiger partial charge in [0.15, 0.2) is 0 Å². The lowest BCUT2D eigenvalue weighted by molar-refractivity contribution is -0.128. The molecule has 1 amide bonds. The van der Waals surface area contributed by atoms with E-state index in [0.717, 1.165) is 0 Å². The lowest BCUT2D eigenvalue weighted by Gasteiger charge is -2.21. The summed E-state index contributed by atoms with van der Waals surface area (Å²) in [6, 6.07) is 6.38. The molecule has 1 heterocycles. The topological polar surface area (TPSA) is 76.2 Å². The van der Waals surface area contributed by atoms with Crippen LogP contribution in [0.4, 0.5) is 0 Å². The van der Waals surface area contributed by atoms with E-state index < -0.39 is 10.0 Å². The minimum atomic E-state index is -3.56. The number of rotatable bonds is 6. The van der Waals surface area contributed by atoms with E-state index in [1.165, 1.54) is 11.2 Å². The Hall–Kier alpha value is -1.64. The maximum absolute atomic E-state index is 12.7. The lowest BCUT2D eigenvalue weighted by Crippen LogP contribution is -2.36. The van der Waals surface area contributed by atoms with Gasteiger partial charge in [0.2, 0.25) is 15.9 Å². The van der Waals surface area contributed by atoms with E-state index in [2.05, 4.69) is 0 Å². The first-order valence-electron chi connectivity index (χ1n) is 7.92. The molecule has 1 aliphatic heterocycles. The summed E-state index contributed by atoms with van der Waals surface area (Å²) in [6.45, 7) is 4.13. The number of carbonyl (C=O) groups is 1. The summed E-state index contributed by atoms with van der Waals surface area (Å²) in [4.78, 5) is 13.4. The fraction of sp³-hybridized carbons (Fsp3) is 0.562. The number of carbonyl (C=O) groups excluding carboxylic acids is 1. The molecule has 0 aromatic heterocycles. The van der Waals surface area contributed by atoms with Crippen molar-refractivity contribution in [3.8, 4) is 5.75 Å². The Morgan fingerprint density at radius 1 is 1.08 bits per heavy atom. The Balaban J connectivity index is 2.05. The average molecular weight is 356 g/mol. The van der Waals surface area contributed by atoms with Crippen molar-refractivity contribution in [3.63, 3.8) is 0 Å². The summed E-state index contributed by atoms with van der Waals surface area (Å²) in [5.74, 6) is 0.580. The minimum absolute atomic E-state index is 0.0215. The molecule has 8 heteroatoms. The van der Waals surface area contributed by atoms with Crippen LogP contribution in [-0.4, -0.2) is 70.0 Å². The predicted octanol–water partition coefficient (Wildman–Crippen LogP) is 0.955. The highest BCUT2D eigenvalue weighted by Crippen LogP contribution is 2.21. The number of methoxy groups -OCH3 is 1. The van der Waals surface area contributed by atoms with Crippen LogP contribution in [0.3, 0.4) is 0 Å². The highest BCUT2D eigenvalue weighted by atomic mass is 32.2. The molecule has 0 atom stereocenters. The van der Waals surface area contributed by atoms with Gasteiger partial charge in [0, 0.05) is 40.2 Å². The van der Waals surface area contributed by atoms with Crippen molar-refractivity contribution in [3.05, 3.63) is 24.3 Å². The molecule has 0 aliphatic carbocycles. The van der Waals surface area contributed by atoms with E-state index in [0.29, 0.717) is 51.6 Å². The van der Waals surface area contributed by atoms with Crippen LogP contribution in [0.15, 0.2) is 29.2 Å². The number of nitrogens with zero attached hydrogens (tertiary/aromatic N) is 2. The molecular weight excluding hydrogens is 332 g/mol. The number of ether oxygens (including phenoxy) is 2. The zero-order valence-electron chi connectivity index (χ0n) is 14.1. The predicted molar refractivity (Wildman–Crippen MR) is 89.4 cm³/mol. The third-order valence-corrected chi connectivity index (χ3v) is 5.83. The normalized spacial score (nSPS) is 16.7. The average Bonchev–Trinajstić information content (AvgIpc) is 2.82. The number of amides is 1. The monoisotopic (exact) mass is 356 g/mol. The molecule has 7 nitrogen and oxygen atoms in total. The van der Waals surface area contributed by atoms with E-state index in [1.807, 2.05) is 0 Å². The number of hydrogen-bond acceptors (Lipinski definition) is 5. The van der Waals surface area contributed by atoms with Gasteiger partial charge in [-0.1, -0.05) is 0 Å². The van der Waals surface area contributed by atoms with E-state index in [-0.39, 0.29) is 10.8 Å². The summed E-state index contributed by atoms with van der Waals surface area (Å²) in [5, 5.41) is 0. The molecular formula is C16H24N2O5S. The third kappa shape index (κ3) is 4.68. The molecule has 134 valence electrons. The second-order valence-corrected chi connectivity index (χ2v) is 7.51. The molecule has 24 heavy (non-hydrogen) atoms. The van der Waals surface area contributed by atoms with Gasteiger partial charge in [0.05, 0.1) is 11.5 Å². The zero-order chi connectivity index (χ0) is 17.6. The minimum Gasteiger partial charge on any atom is -0.491 e. The standard InChI is InChI=1S/C16H24N2O5S/c1-14(19)17-8-3-9-18(11-10-17)24(20,21)16-6-4-15(5-7-16)23-13-12-22-2/h4-7H,3,8-13H2,1-2H3. The van der Waals surface area contributed by atoms with E-state index >= 15 is 0 Å².